The molecule has 1 aromatic rings. The number of thioether (sulfide) groups is 1. The fourth-order valence-corrected chi connectivity index (χ4v) is 2.42. The van der Waals surface area contributed by atoms with Crippen molar-refractivity contribution in [1.82, 2.24) is 5.32 Å². The van der Waals surface area contributed by atoms with Crippen molar-refractivity contribution in [1.29, 1.82) is 0 Å². The second-order valence-electron chi connectivity index (χ2n) is 4.48. The van der Waals surface area contributed by atoms with E-state index in [4.69, 9.17) is 9.47 Å². The minimum absolute atomic E-state index is 0.240. The minimum atomic E-state index is -0.525. The monoisotopic (exact) mass is 297 g/mol. The van der Waals surface area contributed by atoms with Gasteiger partial charge in [0.25, 0.3) is 5.91 Å². The lowest BCUT2D eigenvalue weighted by molar-refractivity contribution is 0.0904. The number of carbonyl (C=O) groups excluding carboxylic acids is 1. The van der Waals surface area contributed by atoms with E-state index in [0.29, 0.717) is 36.7 Å². The van der Waals surface area contributed by atoms with Crippen LogP contribution in [0.1, 0.15) is 16.8 Å². The van der Waals surface area contributed by atoms with Crippen LogP contribution < -0.4 is 14.8 Å². The number of carbonyl (C=O) groups is 1. The van der Waals surface area contributed by atoms with Crippen LogP contribution in [0, 0.1) is 0 Å². The molecule has 0 fully saturated rings. The molecule has 110 valence electrons. The summed E-state index contributed by atoms with van der Waals surface area (Å²) in [5.74, 6) is 1.69. The molecule has 2 rings (SSSR count). The number of rotatable bonds is 6. The Labute approximate surface area is 122 Å². The van der Waals surface area contributed by atoms with Crippen LogP contribution in [0.3, 0.4) is 0 Å². The maximum absolute atomic E-state index is 12.1. The fourth-order valence-electron chi connectivity index (χ4n) is 1.91. The van der Waals surface area contributed by atoms with Crippen molar-refractivity contribution in [2.45, 2.75) is 12.5 Å². The van der Waals surface area contributed by atoms with Crippen molar-refractivity contribution >= 4 is 17.7 Å². The molecule has 0 spiro atoms. The van der Waals surface area contributed by atoms with Crippen molar-refractivity contribution in [2.24, 2.45) is 0 Å². The van der Waals surface area contributed by atoms with E-state index in [1.807, 2.05) is 6.26 Å². The van der Waals surface area contributed by atoms with Gasteiger partial charge in [0.2, 0.25) is 0 Å². The molecular formula is C14H19NO4S. The first-order valence-electron chi connectivity index (χ1n) is 6.56. The molecule has 0 aliphatic carbocycles. The number of aliphatic hydroxyl groups excluding tert-OH is 1. The summed E-state index contributed by atoms with van der Waals surface area (Å²) in [7, 11) is 0. The summed E-state index contributed by atoms with van der Waals surface area (Å²) in [6, 6.07) is 5.22. The molecule has 0 bridgehead atoms. The molecule has 6 heteroatoms. The van der Waals surface area contributed by atoms with Gasteiger partial charge in [0, 0.05) is 6.54 Å². The molecule has 1 heterocycles. The first-order chi connectivity index (χ1) is 9.72. The Morgan fingerprint density at radius 3 is 3.05 bits per heavy atom. The van der Waals surface area contributed by atoms with Crippen molar-refractivity contribution in [2.75, 3.05) is 31.8 Å². The largest absolute Gasteiger partial charge is 0.486 e. The lowest BCUT2D eigenvalue weighted by atomic mass is 10.1. The van der Waals surface area contributed by atoms with Crippen LogP contribution in [-0.2, 0) is 0 Å². The van der Waals surface area contributed by atoms with E-state index in [0.717, 1.165) is 5.75 Å². The van der Waals surface area contributed by atoms with Gasteiger partial charge in [0.15, 0.2) is 11.5 Å². The zero-order chi connectivity index (χ0) is 14.4. The number of para-hydroxylation sites is 1. The lowest BCUT2D eigenvalue weighted by Crippen LogP contribution is -2.33. The Hall–Kier alpha value is -1.40. The number of hydrogen-bond donors (Lipinski definition) is 2. The topological polar surface area (TPSA) is 67.8 Å². The van der Waals surface area contributed by atoms with Crippen molar-refractivity contribution in [3.63, 3.8) is 0 Å². The number of hydrogen-bond acceptors (Lipinski definition) is 5. The Morgan fingerprint density at radius 1 is 1.45 bits per heavy atom. The second kappa shape index (κ2) is 7.40. The molecule has 0 saturated heterocycles. The van der Waals surface area contributed by atoms with E-state index in [2.05, 4.69) is 5.32 Å². The van der Waals surface area contributed by atoms with Gasteiger partial charge in [-0.1, -0.05) is 6.07 Å². The lowest BCUT2D eigenvalue weighted by Gasteiger charge is -2.20. The average Bonchev–Trinajstić information content (AvgIpc) is 2.50. The molecule has 0 saturated carbocycles. The summed E-state index contributed by atoms with van der Waals surface area (Å²) < 4.78 is 10.9. The molecule has 1 aromatic carbocycles. The molecule has 1 unspecified atom stereocenters. The Kier molecular flexibility index (Phi) is 5.55. The predicted octanol–water partition coefficient (Wildman–Crippen LogP) is 1.30. The minimum Gasteiger partial charge on any atom is -0.486 e. The Balaban J connectivity index is 1.96. The van der Waals surface area contributed by atoms with E-state index in [-0.39, 0.29) is 12.5 Å². The number of nitrogens with one attached hydrogen (secondary N) is 1. The quantitative estimate of drug-likeness (QED) is 0.828. The van der Waals surface area contributed by atoms with Crippen LogP contribution in [0.15, 0.2) is 18.2 Å². The maximum Gasteiger partial charge on any atom is 0.255 e. The van der Waals surface area contributed by atoms with Gasteiger partial charge in [-0.2, -0.15) is 11.8 Å². The van der Waals surface area contributed by atoms with E-state index in [1.165, 1.54) is 0 Å². The van der Waals surface area contributed by atoms with Gasteiger partial charge in [0.1, 0.15) is 13.2 Å². The number of aliphatic hydroxyl groups is 1. The first-order valence-corrected chi connectivity index (χ1v) is 7.95. The summed E-state index contributed by atoms with van der Waals surface area (Å²) in [4.78, 5) is 12.1. The number of benzene rings is 1. The Morgan fingerprint density at radius 2 is 2.25 bits per heavy atom. The van der Waals surface area contributed by atoms with Gasteiger partial charge in [-0.3, -0.25) is 4.79 Å². The van der Waals surface area contributed by atoms with Crippen LogP contribution in [0.5, 0.6) is 11.5 Å². The molecule has 1 atom stereocenters. The standard InChI is InChI=1S/C14H19NO4S/c1-20-8-5-10(16)9-15-14(17)11-3-2-4-12-13(11)19-7-6-18-12/h2-4,10,16H,5-9H2,1H3,(H,15,17). The summed E-state index contributed by atoms with van der Waals surface area (Å²) in [5, 5.41) is 12.5. The number of ether oxygens (including phenoxy) is 2. The average molecular weight is 297 g/mol. The van der Waals surface area contributed by atoms with Gasteiger partial charge in [-0.25, -0.2) is 0 Å². The summed E-state index contributed by atoms with van der Waals surface area (Å²) >= 11 is 1.67. The Bertz CT molecular complexity index is 466. The molecule has 20 heavy (non-hydrogen) atoms. The van der Waals surface area contributed by atoms with Crippen molar-refractivity contribution in [3.05, 3.63) is 23.8 Å². The normalized spacial score (nSPS) is 14.7. The zero-order valence-corrected chi connectivity index (χ0v) is 12.2. The van der Waals surface area contributed by atoms with Gasteiger partial charge in [-0.15, -0.1) is 0 Å². The van der Waals surface area contributed by atoms with Gasteiger partial charge >= 0.3 is 0 Å². The summed E-state index contributed by atoms with van der Waals surface area (Å²) in [5.41, 5.74) is 0.444. The molecule has 1 aliphatic heterocycles. The smallest absolute Gasteiger partial charge is 0.255 e. The van der Waals surface area contributed by atoms with Gasteiger partial charge in [-0.05, 0) is 30.6 Å². The highest BCUT2D eigenvalue weighted by atomic mass is 32.2. The molecule has 1 amide bonds. The van der Waals surface area contributed by atoms with Crippen molar-refractivity contribution in [3.8, 4) is 11.5 Å². The third-order valence-electron chi connectivity index (χ3n) is 2.96. The number of amides is 1. The number of fused-ring (bicyclic) bond motifs is 1. The van der Waals surface area contributed by atoms with E-state index >= 15 is 0 Å². The predicted molar refractivity (Wildman–Crippen MR) is 78.8 cm³/mol. The highest BCUT2D eigenvalue weighted by Gasteiger charge is 2.20. The van der Waals surface area contributed by atoms with Crippen LogP contribution >= 0.6 is 11.8 Å². The molecule has 1 aliphatic rings. The van der Waals surface area contributed by atoms with Crippen LogP contribution in [0.2, 0.25) is 0 Å². The van der Waals surface area contributed by atoms with Crippen LogP contribution in [0.25, 0.3) is 0 Å². The van der Waals surface area contributed by atoms with E-state index < -0.39 is 6.10 Å². The summed E-state index contributed by atoms with van der Waals surface area (Å²) in [6.07, 6.45) is 2.12. The maximum atomic E-state index is 12.1. The second-order valence-corrected chi connectivity index (χ2v) is 5.46. The SMILES string of the molecule is CSCCC(O)CNC(=O)c1cccc2c1OCCO2. The summed E-state index contributed by atoms with van der Waals surface area (Å²) in [6.45, 7) is 1.17. The van der Waals surface area contributed by atoms with Crippen molar-refractivity contribution < 1.29 is 19.4 Å². The highest BCUT2D eigenvalue weighted by Crippen LogP contribution is 2.33. The fraction of sp³-hybridized carbons (Fsp3) is 0.500. The third kappa shape index (κ3) is 3.80. The molecule has 5 nitrogen and oxygen atoms in total. The van der Waals surface area contributed by atoms with Crippen LogP contribution in [-0.4, -0.2) is 48.9 Å². The van der Waals surface area contributed by atoms with E-state index in [9.17, 15) is 9.90 Å². The first kappa shape index (κ1) is 15.0. The molecule has 0 radical (unpaired) electrons. The molecular weight excluding hydrogens is 278 g/mol. The molecule has 2 N–H and O–H groups in total. The van der Waals surface area contributed by atoms with Crippen LogP contribution in [0.4, 0.5) is 0 Å². The van der Waals surface area contributed by atoms with E-state index in [1.54, 1.807) is 30.0 Å². The van der Waals surface area contributed by atoms with Gasteiger partial charge in [0.05, 0.1) is 11.7 Å². The zero-order valence-electron chi connectivity index (χ0n) is 11.4. The van der Waals surface area contributed by atoms with Gasteiger partial charge < -0.3 is 19.9 Å². The third-order valence-corrected chi connectivity index (χ3v) is 3.61. The molecule has 0 aromatic heterocycles. The highest BCUT2D eigenvalue weighted by molar-refractivity contribution is 7.98.